The second-order valence-corrected chi connectivity index (χ2v) is 12.9. The van der Waals surface area contributed by atoms with Crippen molar-refractivity contribution in [1.29, 1.82) is 0 Å². The van der Waals surface area contributed by atoms with E-state index < -0.39 is 24.3 Å². The van der Waals surface area contributed by atoms with Crippen LogP contribution in [0.15, 0.2) is 60.5 Å². The Labute approximate surface area is 290 Å². The molecule has 4 nitrogen and oxygen atoms in total. The number of ether oxygens (including phenoxy) is 1. The maximum Gasteiger partial charge on any atom is 0.389 e. The first-order valence-electron chi connectivity index (χ1n) is 16.4. The maximum absolute atomic E-state index is 12.3. The summed E-state index contributed by atoms with van der Waals surface area (Å²) < 4.78 is 43.4. The molecule has 1 N–H and O–H groups in total. The Morgan fingerprint density at radius 1 is 1.00 bits per heavy atom. The molecular formula is C39H45F3IrNO3-. The summed E-state index contributed by atoms with van der Waals surface area (Å²) in [4.78, 5) is 16.5. The number of carbonyl (C=O) groups is 1. The van der Waals surface area contributed by atoms with Crippen molar-refractivity contribution in [2.24, 2.45) is 17.8 Å². The van der Waals surface area contributed by atoms with Crippen LogP contribution in [0.4, 0.5) is 13.2 Å². The van der Waals surface area contributed by atoms with Crippen molar-refractivity contribution in [2.75, 3.05) is 0 Å². The number of allylic oxidation sites excluding steroid dienone is 2. The minimum absolute atomic E-state index is 0. The Bertz CT molecular complexity index is 1720. The van der Waals surface area contributed by atoms with Crippen LogP contribution in [0.5, 0.6) is 11.5 Å². The molecule has 0 saturated carbocycles. The van der Waals surface area contributed by atoms with Crippen LogP contribution in [0.25, 0.3) is 32.8 Å². The molecule has 0 aliphatic carbocycles. The molecule has 0 saturated heterocycles. The van der Waals surface area contributed by atoms with E-state index in [1.54, 1.807) is 6.92 Å². The second kappa shape index (κ2) is 16.3. The quantitative estimate of drug-likeness (QED) is 0.0866. The molecule has 1 aromatic heterocycles. The number of rotatable bonds is 10. The van der Waals surface area contributed by atoms with Crippen molar-refractivity contribution in [2.45, 2.75) is 92.7 Å². The van der Waals surface area contributed by atoms with Crippen LogP contribution in [-0.4, -0.2) is 22.1 Å². The Hall–Kier alpha value is -3.22. The number of halogens is 3. The molecule has 0 fully saturated rings. The van der Waals surface area contributed by atoms with Crippen LogP contribution in [0.3, 0.4) is 0 Å². The van der Waals surface area contributed by atoms with E-state index in [0.29, 0.717) is 24.7 Å². The summed E-state index contributed by atoms with van der Waals surface area (Å²) in [5, 5.41) is 14.3. The molecule has 8 heteroatoms. The van der Waals surface area contributed by atoms with Gasteiger partial charge in [-0.3, -0.25) is 9.78 Å². The third-order valence-electron chi connectivity index (χ3n) is 8.66. The number of pyridine rings is 1. The number of fused-ring (bicyclic) bond motifs is 3. The van der Waals surface area contributed by atoms with Crippen LogP contribution >= 0.6 is 0 Å². The average molecular weight is 825 g/mol. The monoisotopic (exact) mass is 825 g/mol. The topological polar surface area (TPSA) is 59.4 Å². The molecule has 1 radical (unpaired) electrons. The number of benzene rings is 3. The zero-order chi connectivity index (χ0) is 33.8. The van der Waals surface area contributed by atoms with Crippen LogP contribution in [0.2, 0.25) is 0 Å². The Balaban J connectivity index is 0.000000278. The van der Waals surface area contributed by atoms with E-state index in [4.69, 9.17) is 9.72 Å². The molecule has 2 heterocycles. The summed E-state index contributed by atoms with van der Waals surface area (Å²) in [6.45, 7) is 14.2. The zero-order valence-electron chi connectivity index (χ0n) is 28.2. The van der Waals surface area contributed by atoms with Crippen molar-refractivity contribution < 1.29 is 47.9 Å². The smallest absolute Gasteiger partial charge is 0.389 e. The molecule has 3 aromatic carbocycles. The van der Waals surface area contributed by atoms with Gasteiger partial charge >= 0.3 is 6.18 Å². The van der Waals surface area contributed by atoms with E-state index in [2.05, 4.69) is 76.2 Å². The molecule has 0 amide bonds. The van der Waals surface area contributed by atoms with Gasteiger partial charge < -0.3 is 9.84 Å². The van der Waals surface area contributed by atoms with Crippen LogP contribution in [0, 0.1) is 23.8 Å². The summed E-state index contributed by atoms with van der Waals surface area (Å²) in [6, 6.07) is 18.6. The van der Waals surface area contributed by atoms with Gasteiger partial charge in [0.25, 0.3) is 0 Å². The Kier molecular flexibility index (Phi) is 13.2. The van der Waals surface area contributed by atoms with E-state index in [-0.39, 0.29) is 38.2 Å². The number of alkyl halides is 3. The van der Waals surface area contributed by atoms with E-state index in [9.17, 15) is 23.1 Å². The third kappa shape index (κ3) is 9.03. The largest absolute Gasteiger partial charge is 0.512 e. The first-order valence-corrected chi connectivity index (χ1v) is 16.4. The summed E-state index contributed by atoms with van der Waals surface area (Å²) in [5.74, 6) is 0.834. The number of ketones is 1. The molecule has 1 unspecified atom stereocenters. The predicted octanol–water partition coefficient (Wildman–Crippen LogP) is 11.7. The van der Waals surface area contributed by atoms with Crippen LogP contribution < -0.4 is 4.74 Å². The number of aromatic nitrogens is 1. The van der Waals surface area contributed by atoms with Gasteiger partial charge in [0.15, 0.2) is 5.78 Å². The summed E-state index contributed by atoms with van der Waals surface area (Å²) in [5.41, 5.74) is 4.53. The van der Waals surface area contributed by atoms with Gasteiger partial charge in [0.05, 0.1) is 17.9 Å². The summed E-state index contributed by atoms with van der Waals surface area (Å²) in [6.07, 6.45) is -0.193. The molecule has 1 atom stereocenters. The fourth-order valence-electron chi connectivity index (χ4n) is 6.03. The van der Waals surface area contributed by atoms with E-state index in [1.165, 1.54) is 21.9 Å². The van der Waals surface area contributed by atoms with Gasteiger partial charge in [-0.05, 0) is 60.6 Å². The molecule has 4 aromatic rings. The molecule has 255 valence electrons. The summed E-state index contributed by atoms with van der Waals surface area (Å²) in [7, 11) is 0. The van der Waals surface area contributed by atoms with E-state index >= 15 is 0 Å². The number of aliphatic hydroxyl groups excluding tert-OH is 1. The minimum atomic E-state index is -4.33. The van der Waals surface area contributed by atoms with Gasteiger partial charge in [0, 0.05) is 55.3 Å². The predicted molar refractivity (Wildman–Crippen MR) is 180 cm³/mol. The van der Waals surface area contributed by atoms with Gasteiger partial charge in [-0.1, -0.05) is 89.2 Å². The fraction of sp³-hybridized carbons (Fsp3) is 0.436. The van der Waals surface area contributed by atoms with E-state index in [1.807, 2.05) is 20.0 Å². The molecule has 0 spiro atoms. The normalized spacial score (nSPS) is 13.3. The zero-order valence-corrected chi connectivity index (χ0v) is 30.6. The van der Waals surface area contributed by atoms with Gasteiger partial charge in [0.2, 0.25) is 0 Å². The molecule has 1 aliphatic rings. The fourth-order valence-corrected chi connectivity index (χ4v) is 6.03. The second-order valence-electron chi connectivity index (χ2n) is 12.9. The average Bonchev–Trinajstić information content (AvgIpc) is 3.00. The first kappa shape index (κ1) is 38.2. The maximum atomic E-state index is 12.3. The molecule has 1 aliphatic heterocycles. The molecular weight excluding hydrogens is 780 g/mol. The minimum Gasteiger partial charge on any atom is -0.512 e. The molecule has 0 bridgehead atoms. The van der Waals surface area contributed by atoms with Gasteiger partial charge in [-0.2, -0.15) is 13.2 Å². The van der Waals surface area contributed by atoms with Crippen molar-refractivity contribution in [3.05, 3.63) is 77.7 Å². The number of nitrogens with zero attached hydrogens (tertiary/aromatic N) is 1. The number of carbonyl (C=O) groups excluding carboxylic acids is 1. The third-order valence-corrected chi connectivity index (χ3v) is 8.66. The van der Waals surface area contributed by atoms with Crippen LogP contribution in [0.1, 0.15) is 91.2 Å². The number of hydrogen-bond donors (Lipinski definition) is 1. The van der Waals surface area contributed by atoms with Crippen molar-refractivity contribution in [3.63, 3.8) is 0 Å². The number of aliphatic hydroxyl groups is 1. The van der Waals surface area contributed by atoms with Gasteiger partial charge in [-0.25, -0.2) is 0 Å². The summed E-state index contributed by atoms with van der Waals surface area (Å²) >= 11 is 0. The molecule has 47 heavy (non-hydrogen) atoms. The molecule has 5 rings (SSSR count). The van der Waals surface area contributed by atoms with Gasteiger partial charge in [0.1, 0.15) is 5.75 Å². The van der Waals surface area contributed by atoms with Crippen molar-refractivity contribution >= 4 is 27.3 Å². The number of hydrogen-bond acceptors (Lipinski definition) is 4. The SMILES string of the molecule is CC(C)Cc1c2c([c-]c3ccccc13)-c1nccc3cc(C(C)C)cc(c13)O2.CCC(CC)C(=O)/C=C(\O)C(CC)CC(F)(F)F.[Ir]. The van der Waals surface area contributed by atoms with Crippen molar-refractivity contribution in [1.82, 2.24) is 4.98 Å². The Morgan fingerprint density at radius 3 is 2.26 bits per heavy atom. The van der Waals surface area contributed by atoms with Crippen molar-refractivity contribution in [3.8, 4) is 22.8 Å². The van der Waals surface area contributed by atoms with Gasteiger partial charge in [-0.15, -0.1) is 17.5 Å². The standard InChI is InChI=1S/C26H24NO.C13H21F3O2.Ir/c1-15(2)11-21-20-8-6-5-7-17(20)13-22-25-24-18(9-10-27-25)12-19(16(3)4)14-23(24)28-26(21)22;1-4-9(5-2)11(17)7-12(18)10(6-3)8-13(14,15)16;/h5-10,12,14-16H,11H2,1-4H3;7,9-10,18H,4-6,8H2,1-3H3;/q-1;;/b;12-7-;. The Morgan fingerprint density at radius 2 is 1.66 bits per heavy atom. The van der Waals surface area contributed by atoms with Crippen LogP contribution in [-0.2, 0) is 31.3 Å². The van der Waals surface area contributed by atoms with E-state index in [0.717, 1.165) is 46.0 Å². The first-order chi connectivity index (χ1) is 21.8.